The molecule has 29 heavy (non-hydrogen) atoms. The van der Waals surface area contributed by atoms with Crippen molar-refractivity contribution in [2.24, 2.45) is 0 Å². The number of benzene rings is 1. The lowest BCUT2D eigenvalue weighted by molar-refractivity contribution is -0.277. The average Bonchev–Trinajstić information content (AvgIpc) is 3.19. The second-order valence-corrected chi connectivity index (χ2v) is 6.61. The summed E-state index contributed by atoms with van der Waals surface area (Å²) in [6.45, 7) is -0.583. The molecule has 0 aliphatic carbocycles. The molecule has 0 spiro atoms. The zero-order chi connectivity index (χ0) is 21.1. The fraction of sp³-hybridized carbons (Fsp3) is 0.526. The first-order valence-electron chi connectivity index (χ1n) is 9.02. The van der Waals surface area contributed by atoms with Gasteiger partial charge in [-0.25, -0.2) is 0 Å². The van der Waals surface area contributed by atoms with Crippen LogP contribution in [-0.4, -0.2) is 77.9 Å². The van der Waals surface area contributed by atoms with Crippen molar-refractivity contribution in [2.45, 2.75) is 43.5 Å². The summed E-state index contributed by atoms with van der Waals surface area (Å²) in [5.74, 6) is 0.176. The molecule has 1 aliphatic rings. The third-order valence-electron chi connectivity index (χ3n) is 4.88. The fourth-order valence-corrected chi connectivity index (χ4v) is 3.30. The van der Waals surface area contributed by atoms with Crippen molar-refractivity contribution >= 4 is 16.9 Å². The van der Waals surface area contributed by atoms with Crippen LogP contribution in [-0.2, 0) is 20.7 Å². The largest absolute Gasteiger partial charge is 0.496 e. The van der Waals surface area contributed by atoms with Crippen LogP contribution in [0.3, 0.4) is 0 Å². The monoisotopic (exact) mass is 412 g/mol. The van der Waals surface area contributed by atoms with Gasteiger partial charge in [0.25, 0.3) is 0 Å². The number of fused-ring (bicyclic) bond motifs is 1. The molecule has 1 aromatic carbocycles. The van der Waals surface area contributed by atoms with Crippen LogP contribution in [0.5, 0.6) is 11.5 Å². The van der Waals surface area contributed by atoms with E-state index in [0.29, 0.717) is 22.3 Å². The minimum Gasteiger partial charge on any atom is -0.496 e. The van der Waals surface area contributed by atoms with Crippen molar-refractivity contribution in [3.63, 3.8) is 0 Å². The molecule has 0 radical (unpaired) electrons. The molecule has 0 unspecified atom stereocenters. The van der Waals surface area contributed by atoms with Crippen LogP contribution < -0.4 is 9.47 Å². The van der Waals surface area contributed by atoms with Crippen LogP contribution in [0.4, 0.5) is 0 Å². The van der Waals surface area contributed by atoms with Gasteiger partial charge >= 0.3 is 5.97 Å². The van der Waals surface area contributed by atoms with Gasteiger partial charge in [-0.2, -0.15) is 0 Å². The molecule has 1 fully saturated rings. The van der Waals surface area contributed by atoms with E-state index in [1.165, 1.54) is 20.5 Å². The highest BCUT2D eigenvalue weighted by atomic mass is 16.7. The van der Waals surface area contributed by atoms with E-state index in [1.807, 2.05) is 0 Å². The van der Waals surface area contributed by atoms with Crippen LogP contribution >= 0.6 is 0 Å². The zero-order valence-corrected chi connectivity index (χ0v) is 16.0. The Bertz CT molecular complexity index is 845. The summed E-state index contributed by atoms with van der Waals surface area (Å²) in [4.78, 5) is 11.6. The van der Waals surface area contributed by atoms with Crippen molar-refractivity contribution in [1.29, 1.82) is 0 Å². The summed E-state index contributed by atoms with van der Waals surface area (Å²) in [5.41, 5.74) is 0.937. The lowest BCUT2D eigenvalue weighted by Gasteiger charge is -2.39. The number of aliphatic hydroxyl groups excluding tert-OH is 4. The third-order valence-corrected chi connectivity index (χ3v) is 4.88. The molecule has 1 aromatic heterocycles. The smallest absolute Gasteiger partial charge is 0.305 e. The minimum atomic E-state index is -1.58. The van der Waals surface area contributed by atoms with Gasteiger partial charge in [0.05, 0.1) is 32.5 Å². The Hall–Kier alpha value is -2.37. The normalized spacial score (nSPS) is 27.0. The van der Waals surface area contributed by atoms with E-state index in [4.69, 9.17) is 18.6 Å². The molecule has 2 heterocycles. The molecular weight excluding hydrogens is 388 g/mol. The van der Waals surface area contributed by atoms with E-state index in [0.717, 1.165) is 0 Å². The number of esters is 1. The number of furan rings is 1. The predicted octanol–water partition coefficient (Wildman–Crippen LogP) is -0.274. The van der Waals surface area contributed by atoms with Gasteiger partial charge in [-0.1, -0.05) is 0 Å². The van der Waals surface area contributed by atoms with Crippen molar-refractivity contribution in [1.82, 2.24) is 0 Å². The van der Waals surface area contributed by atoms with Crippen LogP contribution in [0.1, 0.15) is 12.0 Å². The Kier molecular flexibility index (Phi) is 6.60. The molecule has 3 rings (SSSR count). The van der Waals surface area contributed by atoms with Gasteiger partial charge in [0.2, 0.25) is 6.29 Å². The Morgan fingerprint density at radius 3 is 2.59 bits per heavy atom. The molecule has 2 aromatic rings. The minimum absolute atomic E-state index is 0.0429. The van der Waals surface area contributed by atoms with Crippen molar-refractivity contribution in [3.8, 4) is 11.5 Å². The van der Waals surface area contributed by atoms with Crippen molar-refractivity contribution in [2.75, 3.05) is 20.8 Å². The number of aliphatic hydroxyl groups is 4. The highest BCUT2D eigenvalue weighted by Gasteiger charge is 2.45. The van der Waals surface area contributed by atoms with Gasteiger partial charge < -0.3 is 43.8 Å². The highest BCUT2D eigenvalue weighted by Crippen LogP contribution is 2.39. The molecule has 10 heteroatoms. The van der Waals surface area contributed by atoms with Crippen molar-refractivity contribution < 1.29 is 48.6 Å². The Morgan fingerprint density at radius 2 is 1.93 bits per heavy atom. The SMILES string of the molecule is COC(=O)CCc1c(O[C@H]2O[C@H](CO)[C@H](O)[C@@H](O)[C@H]2O)cc2occc2c1OC. The second-order valence-electron chi connectivity index (χ2n) is 6.61. The Balaban J connectivity index is 1.97. The van der Waals surface area contributed by atoms with E-state index in [2.05, 4.69) is 4.74 Å². The number of hydrogen-bond acceptors (Lipinski definition) is 10. The van der Waals surface area contributed by atoms with Gasteiger partial charge in [0.15, 0.2) is 0 Å². The summed E-state index contributed by atoms with van der Waals surface area (Å²) < 4.78 is 26.8. The van der Waals surface area contributed by atoms with E-state index in [1.54, 1.807) is 12.1 Å². The lowest BCUT2D eigenvalue weighted by Crippen LogP contribution is -2.60. The van der Waals surface area contributed by atoms with Gasteiger partial charge in [-0.15, -0.1) is 0 Å². The quantitative estimate of drug-likeness (QED) is 0.448. The molecule has 5 atom stereocenters. The molecule has 10 nitrogen and oxygen atoms in total. The number of rotatable bonds is 7. The fourth-order valence-electron chi connectivity index (χ4n) is 3.30. The van der Waals surface area contributed by atoms with Gasteiger partial charge in [0, 0.05) is 18.1 Å². The van der Waals surface area contributed by atoms with E-state index in [-0.39, 0.29) is 18.6 Å². The number of hydrogen-bond donors (Lipinski definition) is 4. The van der Waals surface area contributed by atoms with Gasteiger partial charge in [-0.05, 0) is 12.5 Å². The number of ether oxygens (including phenoxy) is 4. The number of methoxy groups -OCH3 is 2. The standard InChI is InChI=1S/C19H24O10/c1-25-14(21)4-3-9-12(7-11-10(5-6-27-11)18(9)26-2)28-19-17(24)16(23)15(22)13(8-20)29-19/h5-7,13,15-17,19-20,22-24H,3-4,8H2,1-2H3/t13-,15+,16-,17-,19+/m1/s1. The molecule has 0 amide bonds. The summed E-state index contributed by atoms with van der Waals surface area (Å²) >= 11 is 0. The summed E-state index contributed by atoms with van der Waals surface area (Å²) in [5, 5.41) is 40.2. The third kappa shape index (κ3) is 4.16. The molecule has 4 N–H and O–H groups in total. The second kappa shape index (κ2) is 8.97. The topological polar surface area (TPSA) is 148 Å². The van der Waals surface area contributed by atoms with Crippen molar-refractivity contribution in [3.05, 3.63) is 24.0 Å². The maximum absolute atomic E-state index is 11.6. The van der Waals surface area contributed by atoms with Crippen LogP contribution in [0.2, 0.25) is 0 Å². The highest BCUT2D eigenvalue weighted by molar-refractivity contribution is 5.88. The summed E-state index contributed by atoms with van der Waals surface area (Å²) in [6.07, 6.45) is -5.47. The first-order valence-corrected chi connectivity index (χ1v) is 9.02. The van der Waals surface area contributed by atoms with E-state index < -0.39 is 43.3 Å². The Labute approximate surface area is 166 Å². The number of carbonyl (C=O) groups excluding carboxylic acids is 1. The van der Waals surface area contributed by atoms with Gasteiger partial charge in [0.1, 0.15) is 41.5 Å². The molecule has 1 saturated heterocycles. The zero-order valence-electron chi connectivity index (χ0n) is 16.0. The maximum Gasteiger partial charge on any atom is 0.305 e. The first kappa shape index (κ1) is 21.3. The molecule has 0 saturated carbocycles. The predicted molar refractivity (Wildman–Crippen MR) is 97.5 cm³/mol. The number of carbonyl (C=O) groups is 1. The van der Waals surface area contributed by atoms with Crippen LogP contribution in [0.15, 0.2) is 22.8 Å². The van der Waals surface area contributed by atoms with Gasteiger partial charge in [-0.3, -0.25) is 4.79 Å². The lowest BCUT2D eigenvalue weighted by atomic mass is 9.99. The molecule has 0 bridgehead atoms. The Morgan fingerprint density at radius 1 is 1.17 bits per heavy atom. The average molecular weight is 412 g/mol. The van der Waals surface area contributed by atoms with E-state index >= 15 is 0 Å². The summed E-state index contributed by atoms with van der Waals surface area (Å²) in [7, 11) is 2.74. The maximum atomic E-state index is 11.6. The van der Waals surface area contributed by atoms with Crippen LogP contribution in [0, 0.1) is 0 Å². The molecule has 1 aliphatic heterocycles. The molecule has 160 valence electrons. The van der Waals surface area contributed by atoms with Crippen LogP contribution in [0.25, 0.3) is 11.0 Å². The first-order chi connectivity index (χ1) is 13.9. The molecular formula is C19H24O10. The summed E-state index contributed by atoms with van der Waals surface area (Å²) in [6, 6.07) is 3.25. The van der Waals surface area contributed by atoms with E-state index in [9.17, 15) is 25.2 Å².